The highest BCUT2D eigenvalue weighted by Gasteiger charge is 2.08. The van der Waals surface area contributed by atoms with Gasteiger partial charge in [-0.2, -0.15) is 0 Å². The van der Waals surface area contributed by atoms with Gasteiger partial charge in [0, 0.05) is 12.1 Å². The standard InChI is InChI=1S/C20H25NO2/c1-14-7-5-8-18(13-14)23-10-6-9-19(22)21-20-16(3)11-15(2)12-17(20)4/h5,7-8,11-13H,6,9-10H2,1-4H3,(H,21,22). The molecule has 0 fully saturated rings. The number of hydrogen-bond donors (Lipinski definition) is 1. The van der Waals surface area contributed by atoms with Crippen molar-refractivity contribution in [1.29, 1.82) is 0 Å². The zero-order chi connectivity index (χ0) is 16.8. The Morgan fingerprint density at radius 2 is 1.70 bits per heavy atom. The Balaban J connectivity index is 1.80. The van der Waals surface area contributed by atoms with Gasteiger partial charge >= 0.3 is 0 Å². The lowest BCUT2D eigenvalue weighted by Gasteiger charge is -2.13. The lowest BCUT2D eigenvalue weighted by Crippen LogP contribution is -2.14. The van der Waals surface area contributed by atoms with Crippen LogP contribution in [0.15, 0.2) is 36.4 Å². The van der Waals surface area contributed by atoms with Gasteiger partial charge in [-0.25, -0.2) is 0 Å². The highest BCUT2D eigenvalue weighted by molar-refractivity contribution is 5.92. The maximum atomic E-state index is 12.1. The van der Waals surface area contributed by atoms with Crippen LogP contribution in [0.3, 0.4) is 0 Å². The molecule has 0 atom stereocenters. The highest BCUT2D eigenvalue weighted by Crippen LogP contribution is 2.22. The largest absolute Gasteiger partial charge is 0.494 e. The third-order valence-electron chi connectivity index (χ3n) is 3.75. The Morgan fingerprint density at radius 1 is 1.00 bits per heavy atom. The fourth-order valence-corrected chi connectivity index (χ4v) is 2.71. The number of amides is 1. The zero-order valence-electron chi connectivity index (χ0n) is 14.4. The molecule has 1 N–H and O–H groups in total. The molecule has 0 unspecified atom stereocenters. The van der Waals surface area contributed by atoms with Crippen molar-refractivity contribution < 1.29 is 9.53 Å². The Kier molecular flexibility index (Phi) is 5.80. The van der Waals surface area contributed by atoms with Crippen LogP contribution < -0.4 is 10.1 Å². The summed E-state index contributed by atoms with van der Waals surface area (Å²) in [6.07, 6.45) is 1.16. The smallest absolute Gasteiger partial charge is 0.224 e. The predicted octanol–water partition coefficient (Wildman–Crippen LogP) is 4.72. The molecule has 0 saturated carbocycles. The molecule has 0 bridgehead atoms. The van der Waals surface area contributed by atoms with Crippen molar-refractivity contribution in [3.8, 4) is 5.75 Å². The molecule has 2 aromatic carbocycles. The van der Waals surface area contributed by atoms with Crippen molar-refractivity contribution in [3.05, 3.63) is 58.7 Å². The number of carbonyl (C=O) groups is 1. The van der Waals surface area contributed by atoms with E-state index in [2.05, 4.69) is 24.4 Å². The van der Waals surface area contributed by atoms with Gasteiger partial charge in [-0.15, -0.1) is 0 Å². The van der Waals surface area contributed by atoms with E-state index in [0.717, 1.165) is 22.6 Å². The van der Waals surface area contributed by atoms with Crippen LogP contribution in [-0.4, -0.2) is 12.5 Å². The molecule has 2 aromatic rings. The molecule has 2 rings (SSSR count). The van der Waals surface area contributed by atoms with E-state index in [1.165, 1.54) is 11.1 Å². The summed E-state index contributed by atoms with van der Waals surface area (Å²) in [5.74, 6) is 0.892. The van der Waals surface area contributed by atoms with Gasteiger partial charge in [-0.05, 0) is 62.9 Å². The van der Waals surface area contributed by atoms with Crippen LogP contribution in [0.25, 0.3) is 0 Å². The molecule has 23 heavy (non-hydrogen) atoms. The molecule has 0 aliphatic carbocycles. The van der Waals surface area contributed by atoms with Crippen molar-refractivity contribution in [2.45, 2.75) is 40.5 Å². The molecule has 3 nitrogen and oxygen atoms in total. The minimum absolute atomic E-state index is 0.0351. The van der Waals surface area contributed by atoms with E-state index < -0.39 is 0 Å². The molecule has 0 aliphatic rings. The van der Waals surface area contributed by atoms with Crippen LogP contribution in [0, 0.1) is 27.7 Å². The second-order valence-electron chi connectivity index (χ2n) is 6.09. The maximum Gasteiger partial charge on any atom is 0.224 e. The quantitative estimate of drug-likeness (QED) is 0.784. The number of rotatable bonds is 6. The average molecular weight is 311 g/mol. The Labute approximate surface area is 138 Å². The van der Waals surface area contributed by atoms with Crippen LogP contribution in [0.5, 0.6) is 5.75 Å². The van der Waals surface area contributed by atoms with Gasteiger partial charge in [0.05, 0.1) is 6.61 Å². The van der Waals surface area contributed by atoms with Crippen LogP contribution in [0.2, 0.25) is 0 Å². The topological polar surface area (TPSA) is 38.3 Å². The second kappa shape index (κ2) is 7.82. The van der Waals surface area contributed by atoms with Crippen LogP contribution in [0.4, 0.5) is 5.69 Å². The summed E-state index contributed by atoms with van der Waals surface area (Å²) in [6.45, 7) is 8.69. The molecule has 0 radical (unpaired) electrons. The molecular formula is C20H25NO2. The first-order chi connectivity index (χ1) is 11.0. The number of nitrogens with one attached hydrogen (secondary N) is 1. The van der Waals surface area contributed by atoms with Gasteiger partial charge in [0.25, 0.3) is 0 Å². The molecule has 0 aromatic heterocycles. The highest BCUT2D eigenvalue weighted by atomic mass is 16.5. The lowest BCUT2D eigenvalue weighted by atomic mass is 10.0. The summed E-state index contributed by atoms with van der Waals surface area (Å²) >= 11 is 0. The minimum atomic E-state index is 0.0351. The Bertz CT molecular complexity index is 669. The molecule has 0 heterocycles. The van der Waals surface area contributed by atoms with Crippen molar-refractivity contribution >= 4 is 11.6 Å². The van der Waals surface area contributed by atoms with E-state index in [9.17, 15) is 4.79 Å². The predicted molar refractivity (Wildman–Crippen MR) is 95.2 cm³/mol. The van der Waals surface area contributed by atoms with E-state index in [1.807, 2.05) is 45.0 Å². The van der Waals surface area contributed by atoms with Gasteiger partial charge in [0.2, 0.25) is 5.91 Å². The van der Waals surface area contributed by atoms with Gasteiger partial charge in [0.15, 0.2) is 0 Å². The summed E-state index contributed by atoms with van der Waals surface area (Å²) in [5, 5.41) is 3.02. The second-order valence-corrected chi connectivity index (χ2v) is 6.09. The zero-order valence-corrected chi connectivity index (χ0v) is 14.4. The third kappa shape index (κ3) is 5.13. The van der Waals surface area contributed by atoms with Crippen molar-refractivity contribution in [1.82, 2.24) is 0 Å². The number of carbonyl (C=O) groups excluding carboxylic acids is 1. The molecule has 1 amide bonds. The SMILES string of the molecule is Cc1cccc(OCCCC(=O)Nc2c(C)cc(C)cc2C)c1. The number of benzene rings is 2. The summed E-state index contributed by atoms with van der Waals surface area (Å²) in [6, 6.07) is 12.1. The van der Waals surface area contributed by atoms with E-state index in [-0.39, 0.29) is 5.91 Å². The Hall–Kier alpha value is -2.29. The van der Waals surface area contributed by atoms with Gasteiger partial charge in [-0.3, -0.25) is 4.79 Å². The van der Waals surface area contributed by atoms with E-state index >= 15 is 0 Å². The van der Waals surface area contributed by atoms with E-state index in [4.69, 9.17) is 4.74 Å². The first-order valence-corrected chi connectivity index (χ1v) is 8.03. The summed E-state index contributed by atoms with van der Waals surface area (Å²) in [7, 11) is 0. The van der Waals surface area contributed by atoms with Crippen LogP contribution >= 0.6 is 0 Å². The van der Waals surface area contributed by atoms with Crippen molar-refractivity contribution in [2.24, 2.45) is 0 Å². The third-order valence-corrected chi connectivity index (χ3v) is 3.75. The number of hydrogen-bond acceptors (Lipinski definition) is 2. The molecule has 0 aliphatic heterocycles. The van der Waals surface area contributed by atoms with Crippen molar-refractivity contribution in [3.63, 3.8) is 0 Å². The monoisotopic (exact) mass is 311 g/mol. The van der Waals surface area contributed by atoms with Gasteiger partial charge < -0.3 is 10.1 Å². The van der Waals surface area contributed by atoms with Gasteiger partial charge in [0.1, 0.15) is 5.75 Å². The van der Waals surface area contributed by atoms with Gasteiger partial charge in [-0.1, -0.05) is 29.8 Å². The summed E-state index contributed by atoms with van der Waals surface area (Å²) < 4.78 is 5.67. The number of anilines is 1. The fourth-order valence-electron chi connectivity index (χ4n) is 2.71. The number of aryl methyl sites for hydroxylation is 4. The summed E-state index contributed by atoms with van der Waals surface area (Å²) in [5.41, 5.74) is 5.52. The van der Waals surface area contributed by atoms with Crippen molar-refractivity contribution in [2.75, 3.05) is 11.9 Å². The minimum Gasteiger partial charge on any atom is -0.494 e. The number of ether oxygens (including phenoxy) is 1. The van der Waals surface area contributed by atoms with E-state index in [0.29, 0.717) is 19.4 Å². The molecule has 122 valence electrons. The molecular weight excluding hydrogens is 286 g/mol. The van der Waals surface area contributed by atoms with E-state index in [1.54, 1.807) is 0 Å². The van der Waals surface area contributed by atoms with Crippen LogP contribution in [0.1, 0.15) is 35.1 Å². The first kappa shape index (κ1) is 17.1. The average Bonchev–Trinajstić information content (AvgIpc) is 2.47. The molecule has 3 heteroatoms. The Morgan fingerprint density at radius 3 is 2.35 bits per heavy atom. The maximum absolute atomic E-state index is 12.1. The normalized spacial score (nSPS) is 10.4. The summed E-state index contributed by atoms with van der Waals surface area (Å²) in [4.78, 5) is 12.1. The first-order valence-electron chi connectivity index (χ1n) is 8.03. The molecule has 0 saturated heterocycles. The lowest BCUT2D eigenvalue weighted by molar-refractivity contribution is -0.116. The van der Waals surface area contributed by atoms with Crippen LogP contribution in [-0.2, 0) is 4.79 Å². The fraction of sp³-hybridized carbons (Fsp3) is 0.350. The molecule has 0 spiro atoms.